The molecule has 0 aliphatic heterocycles. The first-order valence-electron chi connectivity index (χ1n) is 10.5. The molecule has 0 atom stereocenters. The highest BCUT2D eigenvalue weighted by molar-refractivity contribution is 6.33. The van der Waals surface area contributed by atoms with E-state index in [2.05, 4.69) is 0 Å². The molecule has 9 heteroatoms. The lowest BCUT2D eigenvalue weighted by molar-refractivity contribution is -0.384. The lowest BCUT2D eigenvalue weighted by Crippen LogP contribution is -2.07. The molecule has 0 aliphatic carbocycles. The van der Waals surface area contributed by atoms with Crippen LogP contribution >= 0.6 is 11.6 Å². The molecule has 0 unspecified atom stereocenters. The van der Waals surface area contributed by atoms with Crippen LogP contribution in [0.3, 0.4) is 0 Å². The van der Waals surface area contributed by atoms with Crippen molar-refractivity contribution in [1.82, 2.24) is 0 Å². The van der Waals surface area contributed by atoms with E-state index in [0.29, 0.717) is 24.7 Å². The number of halogens is 1. The quantitative estimate of drug-likeness (QED) is 0.141. The molecule has 0 spiro atoms. The van der Waals surface area contributed by atoms with Crippen LogP contribution in [0.5, 0.6) is 11.5 Å². The molecule has 0 aliphatic rings. The van der Waals surface area contributed by atoms with Crippen LogP contribution in [0.15, 0.2) is 47.6 Å². The predicted molar refractivity (Wildman–Crippen MR) is 129 cm³/mol. The Hall–Kier alpha value is -3.65. The summed E-state index contributed by atoms with van der Waals surface area (Å²) < 4.78 is 5.23. The third-order valence-electron chi connectivity index (χ3n) is 5.32. The van der Waals surface area contributed by atoms with Gasteiger partial charge in [-0.05, 0) is 63.3 Å². The molecule has 2 rings (SSSR count). The van der Waals surface area contributed by atoms with Gasteiger partial charge in [-0.15, -0.1) is 0 Å². The lowest BCUT2D eigenvalue weighted by atomic mass is 9.99. The van der Waals surface area contributed by atoms with Crippen molar-refractivity contribution in [3.05, 3.63) is 85.0 Å². The van der Waals surface area contributed by atoms with Gasteiger partial charge in [-0.25, -0.2) is 4.79 Å². The molecule has 0 saturated heterocycles. The van der Waals surface area contributed by atoms with Crippen LogP contribution in [0.2, 0.25) is 5.02 Å². The van der Waals surface area contributed by atoms with Crippen molar-refractivity contribution >= 4 is 29.5 Å². The Morgan fingerprint density at radius 1 is 1.12 bits per heavy atom. The Labute approximate surface area is 202 Å². The number of phenols is 2. The Bertz CT molecular complexity index is 1150. The van der Waals surface area contributed by atoms with Crippen LogP contribution in [-0.2, 0) is 11.2 Å². The van der Waals surface area contributed by atoms with Gasteiger partial charge in [-0.2, -0.15) is 0 Å². The fraction of sp³-hybridized carbons (Fsp3) is 0.280. The summed E-state index contributed by atoms with van der Waals surface area (Å²) in [5.41, 5.74) is 2.56. The zero-order valence-electron chi connectivity index (χ0n) is 19.1. The molecular formula is C25H26ClNO7. The van der Waals surface area contributed by atoms with Gasteiger partial charge in [-0.1, -0.05) is 29.3 Å². The van der Waals surface area contributed by atoms with E-state index in [1.165, 1.54) is 24.3 Å². The molecule has 8 nitrogen and oxygen atoms in total. The van der Waals surface area contributed by atoms with Crippen molar-refractivity contribution in [3.8, 4) is 11.5 Å². The summed E-state index contributed by atoms with van der Waals surface area (Å²) in [6.45, 7) is 5.38. The van der Waals surface area contributed by atoms with E-state index in [-0.39, 0.29) is 51.9 Å². The van der Waals surface area contributed by atoms with Gasteiger partial charge in [0, 0.05) is 17.7 Å². The molecule has 0 amide bonds. The first kappa shape index (κ1) is 26.6. The summed E-state index contributed by atoms with van der Waals surface area (Å²) >= 11 is 6.07. The number of carbonyl (C=O) groups excluding carboxylic acids is 2. The van der Waals surface area contributed by atoms with Gasteiger partial charge in [0.25, 0.3) is 5.69 Å². The Kier molecular flexibility index (Phi) is 9.38. The second-order valence-electron chi connectivity index (χ2n) is 7.87. The number of nitro benzene ring substituents is 1. The maximum absolute atomic E-state index is 12.1. The second-order valence-corrected chi connectivity index (χ2v) is 8.25. The van der Waals surface area contributed by atoms with Crippen LogP contribution in [-0.4, -0.2) is 34.0 Å². The molecule has 34 heavy (non-hydrogen) atoms. The molecule has 0 bridgehead atoms. The number of ether oxygens (including phenoxy) is 1. The Morgan fingerprint density at radius 2 is 1.76 bits per heavy atom. The SMILES string of the molecule is C/C(=C\Cc1c(O)c(Cl)c(C)c(C=O)c1O)CC/C=C(\C)COC(=O)c1ccc([N+](=O)[O-])cc1. The standard InChI is InChI=1S/C25H26ClNO7/c1-15(7-12-20-23(29)21(13-28)17(3)22(26)24(20)30)5-4-6-16(2)14-34-25(31)18-8-10-19(11-9-18)27(32)33/h6-11,13,29-30H,4-5,12,14H2,1-3H3/b15-7+,16-6+. The lowest BCUT2D eigenvalue weighted by Gasteiger charge is -2.13. The van der Waals surface area contributed by atoms with Crippen LogP contribution in [0, 0.1) is 17.0 Å². The molecule has 0 radical (unpaired) electrons. The average Bonchev–Trinajstić information content (AvgIpc) is 2.81. The van der Waals surface area contributed by atoms with Crippen LogP contribution in [0.1, 0.15) is 58.5 Å². The van der Waals surface area contributed by atoms with Gasteiger partial charge in [0.2, 0.25) is 0 Å². The molecule has 2 N–H and O–H groups in total. The monoisotopic (exact) mass is 487 g/mol. The highest BCUT2D eigenvalue weighted by Gasteiger charge is 2.19. The van der Waals surface area contributed by atoms with Crippen molar-refractivity contribution in [2.24, 2.45) is 0 Å². The molecule has 2 aromatic carbocycles. The minimum absolute atomic E-state index is 0.0442. The second kappa shape index (κ2) is 12.0. The predicted octanol–water partition coefficient (Wildman–Crippen LogP) is 5.85. The maximum Gasteiger partial charge on any atom is 0.338 e. The molecule has 2 aromatic rings. The Morgan fingerprint density at radius 3 is 2.35 bits per heavy atom. The van der Waals surface area contributed by atoms with E-state index >= 15 is 0 Å². The van der Waals surface area contributed by atoms with Crippen molar-refractivity contribution in [3.63, 3.8) is 0 Å². The van der Waals surface area contributed by atoms with Gasteiger partial charge >= 0.3 is 5.97 Å². The van der Waals surface area contributed by atoms with E-state index in [0.717, 1.165) is 11.1 Å². The first-order valence-corrected chi connectivity index (χ1v) is 10.9. The van der Waals surface area contributed by atoms with Crippen LogP contribution in [0.4, 0.5) is 5.69 Å². The third kappa shape index (κ3) is 6.68. The highest BCUT2D eigenvalue weighted by Crippen LogP contribution is 2.40. The number of nitro groups is 1. The molecule has 0 heterocycles. The number of nitrogens with zero attached hydrogens (tertiary/aromatic N) is 1. The van der Waals surface area contributed by atoms with E-state index in [9.17, 15) is 29.9 Å². The topological polar surface area (TPSA) is 127 Å². The summed E-state index contributed by atoms with van der Waals surface area (Å²) in [6, 6.07) is 5.20. The number of carbonyl (C=O) groups is 2. The van der Waals surface area contributed by atoms with Crippen molar-refractivity contribution in [2.45, 2.75) is 40.0 Å². The number of benzene rings is 2. The van der Waals surface area contributed by atoms with Crippen molar-refractivity contribution < 1.29 is 29.5 Å². The maximum atomic E-state index is 12.1. The number of allylic oxidation sites excluding steroid dienone is 3. The number of phenolic OH excluding ortho intramolecular Hbond substituents is 2. The summed E-state index contributed by atoms with van der Waals surface area (Å²) in [5, 5.41) is 31.3. The number of hydrogen-bond donors (Lipinski definition) is 2. The summed E-state index contributed by atoms with van der Waals surface area (Å²) in [4.78, 5) is 33.5. The summed E-state index contributed by atoms with van der Waals surface area (Å²) in [5.74, 6) is -1.08. The molecule has 180 valence electrons. The highest BCUT2D eigenvalue weighted by atomic mass is 35.5. The molecule has 0 fully saturated rings. The zero-order chi connectivity index (χ0) is 25.4. The number of aldehydes is 1. The number of hydrogen-bond acceptors (Lipinski definition) is 7. The van der Waals surface area contributed by atoms with Gasteiger partial charge in [0.05, 0.1) is 21.1 Å². The van der Waals surface area contributed by atoms with Gasteiger partial charge in [-0.3, -0.25) is 14.9 Å². The Balaban J connectivity index is 1.90. The largest absolute Gasteiger partial charge is 0.507 e. The fourth-order valence-electron chi connectivity index (χ4n) is 3.18. The average molecular weight is 488 g/mol. The number of aromatic hydroxyl groups is 2. The first-order chi connectivity index (χ1) is 16.1. The van der Waals surface area contributed by atoms with Crippen molar-refractivity contribution in [2.75, 3.05) is 6.61 Å². The molecule has 0 aromatic heterocycles. The van der Waals surface area contributed by atoms with Crippen LogP contribution < -0.4 is 0 Å². The fourth-order valence-corrected chi connectivity index (χ4v) is 3.40. The molecule has 0 saturated carbocycles. The minimum atomic E-state index is -0.565. The van der Waals surface area contributed by atoms with E-state index in [4.69, 9.17) is 16.3 Å². The van der Waals surface area contributed by atoms with Gasteiger partial charge < -0.3 is 14.9 Å². The zero-order valence-corrected chi connectivity index (χ0v) is 19.9. The third-order valence-corrected chi connectivity index (χ3v) is 5.78. The number of esters is 1. The smallest absolute Gasteiger partial charge is 0.338 e. The van der Waals surface area contributed by atoms with E-state index in [1.807, 2.05) is 26.0 Å². The normalized spacial score (nSPS) is 11.9. The summed E-state index contributed by atoms with van der Waals surface area (Å²) in [6.07, 6.45) is 5.86. The van der Waals surface area contributed by atoms with E-state index < -0.39 is 10.9 Å². The van der Waals surface area contributed by atoms with E-state index in [1.54, 1.807) is 6.92 Å². The number of non-ortho nitro benzene ring substituents is 1. The number of rotatable bonds is 10. The summed E-state index contributed by atoms with van der Waals surface area (Å²) in [7, 11) is 0. The molecular weight excluding hydrogens is 462 g/mol. The van der Waals surface area contributed by atoms with Crippen molar-refractivity contribution in [1.29, 1.82) is 0 Å². The van der Waals surface area contributed by atoms with Crippen LogP contribution in [0.25, 0.3) is 0 Å². The van der Waals surface area contributed by atoms with Gasteiger partial charge in [0.15, 0.2) is 6.29 Å². The van der Waals surface area contributed by atoms with Gasteiger partial charge in [0.1, 0.15) is 18.1 Å². The minimum Gasteiger partial charge on any atom is -0.507 e.